The van der Waals surface area contributed by atoms with E-state index in [1.165, 1.54) is 12.1 Å². The highest BCUT2D eigenvalue weighted by atomic mass is 19.1. The van der Waals surface area contributed by atoms with Crippen molar-refractivity contribution in [3.05, 3.63) is 53.6 Å². The number of amides is 2. The number of aryl methyl sites for hydroxylation is 1. The average Bonchev–Trinajstić information content (AvgIpc) is 2.48. The van der Waals surface area contributed by atoms with Gasteiger partial charge in [-0.15, -0.1) is 0 Å². The number of nitrogens with one attached hydrogen (secondary N) is 2. The number of aromatic nitrogens is 1. The normalized spacial score (nSPS) is 10.5. The number of anilines is 2. The molecule has 0 aliphatic carbocycles. The van der Waals surface area contributed by atoms with Crippen molar-refractivity contribution in [2.75, 3.05) is 10.6 Å². The molecule has 2 amide bonds. The number of halogens is 1. The molecule has 0 fully saturated rings. The van der Waals surface area contributed by atoms with Crippen molar-refractivity contribution in [3.63, 3.8) is 0 Å². The van der Waals surface area contributed by atoms with E-state index in [4.69, 9.17) is 0 Å². The number of carbonyl (C=O) groups excluding carboxylic acids is 2. The summed E-state index contributed by atoms with van der Waals surface area (Å²) in [7, 11) is 0. The van der Waals surface area contributed by atoms with Crippen LogP contribution in [0.4, 0.5) is 15.8 Å². The van der Waals surface area contributed by atoms with Crippen molar-refractivity contribution in [1.82, 2.24) is 4.98 Å². The van der Waals surface area contributed by atoms with Gasteiger partial charge in [0.15, 0.2) is 0 Å². The largest absolute Gasteiger partial charge is 0.324 e. The van der Waals surface area contributed by atoms with Gasteiger partial charge >= 0.3 is 0 Å². The summed E-state index contributed by atoms with van der Waals surface area (Å²) in [6, 6.07) is 7.34. The number of nitrogens with zero attached hydrogens (tertiary/aromatic N) is 1. The molecule has 0 saturated carbocycles. The molecule has 1 aromatic heterocycles. The van der Waals surface area contributed by atoms with E-state index in [0.717, 1.165) is 11.8 Å². The van der Waals surface area contributed by atoms with Crippen LogP contribution in [-0.4, -0.2) is 16.8 Å². The van der Waals surface area contributed by atoms with Crippen LogP contribution in [0.25, 0.3) is 0 Å². The molecule has 6 heteroatoms. The van der Waals surface area contributed by atoms with Crippen molar-refractivity contribution in [3.8, 4) is 0 Å². The smallest absolute Gasteiger partial charge is 0.255 e. The molecule has 0 aliphatic rings. The third kappa shape index (κ3) is 4.87. The topological polar surface area (TPSA) is 71.1 Å². The molecule has 126 valence electrons. The summed E-state index contributed by atoms with van der Waals surface area (Å²) in [5.74, 6) is -1.15. The first kappa shape index (κ1) is 17.6. The number of pyridine rings is 1. The van der Waals surface area contributed by atoms with Crippen molar-refractivity contribution < 1.29 is 14.0 Å². The second kappa shape index (κ2) is 7.68. The Morgan fingerprint density at radius 1 is 1.17 bits per heavy atom. The highest BCUT2D eigenvalue weighted by Gasteiger charge is 2.13. The molecular formula is C18H20FN3O2. The monoisotopic (exact) mass is 329 g/mol. The van der Waals surface area contributed by atoms with E-state index in [0.29, 0.717) is 12.1 Å². The summed E-state index contributed by atoms with van der Waals surface area (Å²) in [6.45, 7) is 5.62. The van der Waals surface area contributed by atoms with E-state index in [1.54, 1.807) is 18.3 Å². The number of hydrogen-bond donors (Lipinski definition) is 2. The van der Waals surface area contributed by atoms with Gasteiger partial charge in [0.1, 0.15) is 5.82 Å². The molecule has 24 heavy (non-hydrogen) atoms. The Morgan fingerprint density at radius 3 is 2.54 bits per heavy atom. The predicted octanol–water partition coefficient (Wildman–Crippen LogP) is 3.77. The van der Waals surface area contributed by atoms with Gasteiger partial charge in [-0.3, -0.25) is 14.6 Å². The van der Waals surface area contributed by atoms with Gasteiger partial charge in [0.05, 0.1) is 5.69 Å². The van der Waals surface area contributed by atoms with E-state index in [9.17, 15) is 14.0 Å². The van der Waals surface area contributed by atoms with Crippen LogP contribution in [0, 0.1) is 18.7 Å². The number of rotatable bonds is 5. The predicted molar refractivity (Wildman–Crippen MR) is 91.4 cm³/mol. The Bertz CT molecular complexity index is 760. The van der Waals surface area contributed by atoms with Crippen LogP contribution >= 0.6 is 0 Å². The van der Waals surface area contributed by atoms with Crippen molar-refractivity contribution in [1.29, 1.82) is 0 Å². The number of carbonyl (C=O) groups is 2. The van der Waals surface area contributed by atoms with Crippen LogP contribution in [0.2, 0.25) is 0 Å². The SMILES string of the molecule is Cc1cc(NC(=O)c2ccc(NC(=O)CC(C)C)c(F)c2)ccn1. The zero-order valence-corrected chi connectivity index (χ0v) is 13.9. The lowest BCUT2D eigenvalue weighted by Gasteiger charge is -2.10. The quantitative estimate of drug-likeness (QED) is 0.877. The zero-order chi connectivity index (χ0) is 17.7. The highest BCUT2D eigenvalue weighted by molar-refractivity contribution is 6.04. The van der Waals surface area contributed by atoms with Gasteiger partial charge in [-0.05, 0) is 43.2 Å². The molecule has 2 N–H and O–H groups in total. The molecule has 1 aromatic carbocycles. The lowest BCUT2D eigenvalue weighted by Crippen LogP contribution is -2.16. The molecule has 2 rings (SSSR count). The third-order valence-corrected chi connectivity index (χ3v) is 3.25. The van der Waals surface area contributed by atoms with Gasteiger partial charge in [-0.1, -0.05) is 13.8 Å². The molecule has 0 spiro atoms. The standard InChI is InChI=1S/C18H20FN3O2/c1-11(2)8-17(23)22-16-5-4-13(10-15(16)19)18(24)21-14-6-7-20-12(3)9-14/h4-7,9-11H,8H2,1-3H3,(H,22,23)(H,20,21,24). The minimum absolute atomic E-state index is 0.0666. The maximum Gasteiger partial charge on any atom is 0.255 e. The van der Waals surface area contributed by atoms with Gasteiger partial charge in [0.25, 0.3) is 5.91 Å². The summed E-state index contributed by atoms with van der Waals surface area (Å²) < 4.78 is 14.1. The number of benzene rings is 1. The van der Waals surface area contributed by atoms with Crippen LogP contribution < -0.4 is 10.6 Å². The third-order valence-electron chi connectivity index (χ3n) is 3.25. The van der Waals surface area contributed by atoms with Crippen LogP contribution in [0.1, 0.15) is 36.3 Å². The maximum atomic E-state index is 14.1. The first-order valence-electron chi connectivity index (χ1n) is 7.68. The fourth-order valence-corrected chi connectivity index (χ4v) is 2.16. The van der Waals surface area contributed by atoms with Crippen LogP contribution in [-0.2, 0) is 4.79 Å². The second-order valence-corrected chi connectivity index (χ2v) is 5.98. The van der Waals surface area contributed by atoms with E-state index in [1.807, 2.05) is 20.8 Å². The van der Waals surface area contributed by atoms with Gasteiger partial charge in [-0.25, -0.2) is 4.39 Å². The van der Waals surface area contributed by atoms with Crippen LogP contribution in [0.3, 0.4) is 0 Å². The Morgan fingerprint density at radius 2 is 1.92 bits per heavy atom. The summed E-state index contributed by atoms with van der Waals surface area (Å²) >= 11 is 0. The van der Waals surface area contributed by atoms with Gasteiger partial charge < -0.3 is 10.6 Å². The van der Waals surface area contributed by atoms with Crippen LogP contribution in [0.15, 0.2) is 36.5 Å². The summed E-state index contributed by atoms with van der Waals surface area (Å²) in [4.78, 5) is 27.9. The molecule has 0 atom stereocenters. The lowest BCUT2D eigenvalue weighted by molar-refractivity contribution is -0.116. The Hall–Kier alpha value is -2.76. The van der Waals surface area contributed by atoms with E-state index < -0.39 is 11.7 Å². The fourth-order valence-electron chi connectivity index (χ4n) is 2.16. The van der Waals surface area contributed by atoms with Crippen LogP contribution in [0.5, 0.6) is 0 Å². The minimum atomic E-state index is -0.648. The maximum absolute atomic E-state index is 14.1. The second-order valence-electron chi connectivity index (χ2n) is 5.98. The molecule has 1 heterocycles. The van der Waals surface area contributed by atoms with Gasteiger partial charge in [-0.2, -0.15) is 0 Å². The molecule has 5 nitrogen and oxygen atoms in total. The Labute approximate surface area is 140 Å². The van der Waals surface area contributed by atoms with Gasteiger partial charge in [0.2, 0.25) is 5.91 Å². The summed E-state index contributed by atoms with van der Waals surface area (Å²) in [5, 5.41) is 5.19. The Kier molecular flexibility index (Phi) is 5.63. The number of hydrogen-bond acceptors (Lipinski definition) is 3. The first-order valence-corrected chi connectivity index (χ1v) is 7.68. The average molecular weight is 329 g/mol. The van der Waals surface area contributed by atoms with Crippen molar-refractivity contribution in [2.24, 2.45) is 5.92 Å². The van der Waals surface area contributed by atoms with E-state index >= 15 is 0 Å². The van der Waals surface area contributed by atoms with E-state index in [2.05, 4.69) is 15.6 Å². The molecule has 0 bridgehead atoms. The molecule has 0 aliphatic heterocycles. The molecule has 2 aromatic rings. The Balaban J connectivity index is 2.08. The van der Waals surface area contributed by atoms with Gasteiger partial charge in [0, 0.05) is 29.6 Å². The molecule has 0 radical (unpaired) electrons. The molecule has 0 saturated heterocycles. The summed E-state index contributed by atoms with van der Waals surface area (Å²) in [6.07, 6.45) is 1.89. The van der Waals surface area contributed by atoms with E-state index in [-0.39, 0.29) is 23.1 Å². The van der Waals surface area contributed by atoms with Crippen molar-refractivity contribution >= 4 is 23.2 Å². The fraction of sp³-hybridized carbons (Fsp3) is 0.278. The highest BCUT2D eigenvalue weighted by Crippen LogP contribution is 2.18. The lowest BCUT2D eigenvalue weighted by atomic mass is 10.1. The first-order chi connectivity index (χ1) is 11.3. The van der Waals surface area contributed by atoms with Crippen molar-refractivity contribution in [2.45, 2.75) is 27.2 Å². The molecule has 0 unspecified atom stereocenters. The summed E-state index contributed by atoms with van der Waals surface area (Å²) in [5.41, 5.74) is 1.59. The zero-order valence-electron chi connectivity index (χ0n) is 13.9. The minimum Gasteiger partial charge on any atom is -0.324 e. The molecular weight excluding hydrogens is 309 g/mol.